The Balaban J connectivity index is 1.69. The smallest absolute Gasteiger partial charge is 0.251 e. The second kappa shape index (κ2) is 11.5. The number of aromatic nitrogens is 3. The number of carbonyl (C=O) groups excluding carboxylic acids is 2. The SMILES string of the molecule is COC1CC(C(=O)Nc2cnc(-c3cnc(C#N)c(N[C@H](C=O)CN(C)CC(F)F)c3)cn2)C1. The van der Waals surface area contributed by atoms with Crippen molar-refractivity contribution in [3.8, 4) is 17.3 Å². The first-order chi connectivity index (χ1) is 16.3. The van der Waals surface area contributed by atoms with Gasteiger partial charge in [-0.1, -0.05) is 0 Å². The summed E-state index contributed by atoms with van der Waals surface area (Å²) >= 11 is 0. The zero-order valence-electron chi connectivity index (χ0n) is 18.7. The molecule has 2 heterocycles. The summed E-state index contributed by atoms with van der Waals surface area (Å²) in [6.45, 7) is -0.467. The Morgan fingerprint density at radius 2 is 2.06 bits per heavy atom. The number of anilines is 2. The van der Waals surface area contributed by atoms with Gasteiger partial charge in [-0.3, -0.25) is 14.7 Å². The van der Waals surface area contributed by atoms with Gasteiger partial charge >= 0.3 is 0 Å². The fraction of sp³-hybridized carbons (Fsp3) is 0.455. The van der Waals surface area contributed by atoms with E-state index in [0.717, 1.165) is 0 Å². The van der Waals surface area contributed by atoms with Crippen LogP contribution in [0.5, 0.6) is 0 Å². The molecule has 2 aromatic heterocycles. The minimum Gasteiger partial charge on any atom is -0.381 e. The highest BCUT2D eigenvalue weighted by atomic mass is 19.3. The van der Waals surface area contributed by atoms with Crippen LogP contribution in [0.25, 0.3) is 11.3 Å². The van der Waals surface area contributed by atoms with Gasteiger partial charge in [0.15, 0.2) is 11.5 Å². The van der Waals surface area contributed by atoms with Gasteiger partial charge in [0.25, 0.3) is 6.43 Å². The third kappa shape index (κ3) is 6.49. The molecule has 0 aromatic carbocycles. The summed E-state index contributed by atoms with van der Waals surface area (Å²) in [6, 6.07) is 2.68. The van der Waals surface area contributed by atoms with Crippen molar-refractivity contribution in [1.29, 1.82) is 5.26 Å². The number of methoxy groups -OCH3 is 1. The number of pyridine rings is 1. The van der Waals surface area contributed by atoms with Crippen LogP contribution in [-0.2, 0) is 14.3 Å². The fourth-order valence-corrected chi connectivity index (χ4v) is 3.51. The summed E-state index contributed by atoms with van der Waals surface area (Å²) < 4.78 is 30.3. The molecule has 0 spiro atoms. The molecule has 1 aliphatic carbocycles. The van der Waals surface area contributed by atoms with Gasteiger partial charge in [0.1, 0.15) is 12.4 Å². The summed E-state index contributed by atoms with van der Waals surface area (Å²) in [4.78, 5) is 37.6. The van der Waals surface area contributed by atoms with Crippen molar-refractivity contribution in [3.05, 3.63) is 30.4 Å². The average Bonchev–Trinajstić information content (AvgIpc) is 2.77. The Hall–Kier alpha value is -3.56. The van der Waals surface area contributed by atoms with E-state index in [2.05, 4.69) is 25.6 Å². The fourth-order valence-electron chi connectivity index (χ4n) is 3.51. The normalized spacial score (nSPS) is 18.1. The second-order valence-electron chi connectivity index (χ2n) is 8.03. The van der Waals surface area contributed by atoms with Crippen LogP contribution in [0.2, 0.25) is 0 Å². The van der Waals surface area contributed by atoms with E-state index in [9.17, 15) is 23.6 Å². The molecule has 34 heavy (non-hydrogen) atoms. The van der Waals surface area contributed by atoms with Crippen molar-refractivity contribution in [2.45, 2.75) is 31.4 Å². The van der Waals surface area contributed by atoms with Gasteiger partial charge in [-0.15, -0.1) is 0 Å². The molecule has 1 saturated carbocycles. The van der Waals surface area contributed by atoms with Crippen molar-refractivity contribution in [1.82, 2.24) is 19.9 Å². The number of nitrogens with one attached hydrogen (secondary N) is 2. The quantitative estimate of drug-likeness (QED) is 0.470. The van der Waals surface area contributed by atoms with Crippen molar-refractivity contribution in [2.75, 3.05) is 37.9 Å². The number of hydrogen-bond donors (Lipinski definition) is 2. The third-order valence-corrected chi connectivity index (χ3v) is 5.45. The number of nitriles is 1. The van der Waals surface area contributed by atoms with Crippen LogP contribution < -0.4 is 10.6 Å². The Kier molecular flexibility index (Phi) is 8.50. The number of halogens is 2. The van der Waals surface area contributed by atoms with E-state index in [1.54, 1.807) is 13.2 Å². The molecule has 0 bridgehead atoms. The monoisotopic (exact) mass is 473 g/mol. The number of ether oxygens (including phenoxy) is 1. The van der Waals surface area contributed by atoms with Crippen molar-refractivity contribution in [3.63, 3.8) is 0 Å². The van der Waals surface area contributed by atoms with Crippen LogP contribution in [0.1, 0.15) is 18.5 Å². The lowest BCUT2D eigenvalue weighted by Crippen LogP contribution is -2.38. The summed E-state index contributed by atoms with van der Waals surface area (Å²) in [6.07, 6.45) is 3.81. The van der Waals surface area contributed by atoms with E-state index in [4.69, 9.17) is 4.74 Å². The van der Waals surface area contributed by atoms with Crippen LogP contribution in [0.4, 0.5) is 20.3 Å². The first kappa shape index (κ1) is 25.1. The molecule has 0 unspecified atom stereocenters. The molecule has 3 rings (SSSR count). The van der Waals surface area contributed by atoms with E-state index in [0.29, 0.717) is 36.2 Å². The predicted molar refractivity (Wildman–Crippen MR) is 119 cm³/mol. The number of amides is 1. The van der Waals surface area contributed by atoms with Crippen LogP contribution in [0, 0.1) is 17.2 Å². The molecule has 2 N–H and O–H groups in total. The first-order valence-corrected chi connectivity index (χ1v) is 10.6. The summed E-state index contributed by atoms with van der Waals surface area (Å²) in [5.74, 6) is 0.0459. The van der Waals surface area contributed by atoms with E-state index in [1.807, 2.05) is 6.07 Å². The van der Waals surface area contributed by atoms with E-state index in [-0.39, 0.29) is 35.9 Å². The highest BCUT2D eigenvalue weighted by Gasteiger charge is 2.34. The topological polar surface area (TPSA) is 133 Å². The molecule has 0 radical (unpaired) electrons. The number of aldehydes is 1. The number of likely N-dealkylation sites (N-methyl/N-ethyl adjacent to an activating group) is 1. The summed E-state index contributed by atoms with van der Waals surface area (Å²) in [5.41, 5.74) is 1.25. The number of carbonyl (C=O) groups is 2. The first-order valence-electron chi connectivity index (χ1n) is 10.6. The molecular weight excluding hydrogens is 448 g/mol. The minimum absolute atomic E-state index is 0.0171. The lowest BCUT2D eigenvalue weighted by atomic mass is 9.81. The average molecular weight is 473 g/mol. The largest absolute Gasteiger partial charge is 0.381 e. The molecule has 0 aliphatic heterocycles. The Labute approximate surface area is 195 Å². The summed E-state index contributed by atoms with van der Waals surface area (Å²) in [5, 5.41) is 15.0. The molecule has 10 nitrogen and oxygen atoms in total. The second-order valence-corrected chi connectivity index (χ2v) is 8.03. The van der Waals surface area contributed by atoms with Gasteiger partial charge in [0.05, 0.1) is 42.5 Å². The molecule has 12 heteroatoms. The number of rotatable bonds is 11. The predicted octanol–water partition coefficient (Wildman–Crippen LogP) is 1.95. The van der Waals surface area contributed by atoms with Crippen molar-refractivity contribution >= 4 is 23.7 Å². The molecular formula is C22H25F2N7O3. The highest BCUT2D eigenvalue weighted by Crippen LogP contribution is 2.30. The zero-order chi connectivity index (χ0) is 24.7. The maximum Gasteiger partial charge on any atom is 0.251 e. The summed E-state index contributed by atoms with van der Waals surface area (Å²) in [7, 11) is 3.09. The van der Waals surface area contributed by atoms with Gasteiger partial charge in [-0.05, 0) is 26.0 Å². The maximum absolute atomic E-state index is 12.6. The van der Waals surface area contributed by atoms with E-state index >= 15 is 0 Å². The molecule has 0 saturated heterocycles. The molecule has 2 aromatic rings. The number of alkyl halides is 2. The lowest BCUT2D eigenvalue weighted by Gasteiger charge is -2.32. The van der Waals surface area contributed by atoms with Crippen LogP contribution >= 0.6 is 0 Å². The standard InChI is InChI=1S/C22H25F2N7O3/c1-31(11-20(23)24)10-15(12-32)29-17-5-14(7-26-18(17)6-25)19-8-28-21(9-27-19)30-22(33)13-3-16(4-13)34-2/h5,7-9,12-13,15-16,20,29H,3-4,10-11H2,1-2H3,(H,28,30,33)/t13?,15-,16?/m0/s1. The Morgan fingerprint density at radius 1 is 1.29 bits per heavy atom. The van der Waals surface area contributed by atoms with Crippen LogP contribution in [-0.4, -0.2) is 77.9 Å². The Bertz CT molecular complexity index is 1040. The van der Waals surface area contributed by atoms with Gasteiger partial charge in [-0.2, -0.15) is 5.26 Å². The molecule has 1 fully saturated rings. The van der Waals surface area contributed by atoms with Gasteiger partial charge in [0.2, 0.25) is 5.91 Å². The minimum atomic E-state index is -2.53. The van der Waals surface area contributed by atoms with Crippen LogP contribution in [0.3, 0.4) is 0 Å². The molecule has 180 valence electrons. The van der Waals surface area contributed by atoms with Gasteiger partial charge in [-0.25, -0.2) is 18.7 Å². The van der Waals surface area contributed by atoms with E-state index < -0.39 is 19.0 Å². The van der Waals surface area contributed by atoms with Crippen molar-refractivity contribution < 1.29 is 23.1 Å². The maximum atomic E-state index is 12.6. The highest BCUT2D eigenvalue weighted by molar-refractivity contribution is 5.92. The van der Waals surface area contributed by atoms with Crippen LogP contribution in [0.15, 0.2) is 24.7 Å². The Morgan fingerprint density at radius 3 is 2.65 bits per heavy atom. The van der Waals surface area contributed by atoms with Gasteiger partial charge < -0.3 is 20.2 Å². The number of nitrogens with zero attached hydrogens (tertiary/aromatic N) is 5. The zero-order valence-corrected chi connectivity index (χ0v) is 18.7. The molecule has 1 amide bonds. The lowest BCUT2D eigenvalue weighted by molar-refractivity contribution is -0.127. The molecule has 1 aliphatic rings. The third-order valence-electron chi connectivity index (χ3n) is 5.45. The van der Waals surface area contributed by atoms with E-state index in [1.165, 1.54) is 30.5 Å². The van der Waals surface area contributed by atoms with Crippen molar-refractivity contribution in [2.24, 2.45) is 5.92 Å². The molecule has 1 atom stereocenters. The number of hydrogen-bond acceptors (Lipinski definition) is 9. The van der Waals surface area contributed by atoms with Gasteiger partial charge in [0, 0.05) is 31.3 Å².